The Morgan fingerprint density at radius 3 is 1.93 bits per heavy atom. The molecule has 0 aliphatic carbocycles. The summed E-state index contributed by atoms with van der Waals surface area (Å²) >= 11 is 0. The Morgan fingerprint density at radius 1 is 1.14 bits per heavy atom. The van der Waals surface area contributed by atoms with Gasteiger partial charge in [-0.3, -0.25) is 9.59 Å². The summed E-state index contributed by atoms with van der Waals surface area (Å²) in [7, 11) is 4.78. The molecule has 6 nitrogen and oxygen atoms in total. The van der Waals surface area contributed by atoms with Crippen LogP contribution in [0.4, 0.5) is 0 Å². The molecule has 0 N–H and O–H groups in total. The monoisotopic (exact) mass is 192 g/mol. The van der Waals surface area contributed by atoms with E-state index in [-0.39, 0.29) is 20.3 Å². The van der Waals surface area contributed by atoms with E-state index < -0.39 is 30.2 Å². The van der Waals surface area contributed by atoms with Crippen molar-refractivity contribution < 1.29 is 48.9 Å². The molecule has 70 valence electrons. The minimum absolute atomic E-state index is 0. The Labute approximate surface area is 94.4 Å². The van der Waals surface area contributed by atoms with Crippen molar-refractivity contribution in [1.82, 2.24) is 0 Å². The molecule has 0 saturated heterocycles. The van der Waals surface area contributed by atoms with Gasteiger partial charge in [0.15, 0.2) is 0 Å². The van der Waals surface area contributed by atoms with Gasteiger partial charge in [0.2, 0.25) is 0 Å². The van der Waals surface area contributed by atoms with Crippen molar-refractivity contribution in [2.24, 2.45) is 0 Å². The number of esters is 4. The number of ether oxygens (including phenoxy) is 2. The fourth-order valence-electron chi connectivity index (χ4n) is 0.359. The first-order valence-electron chi connectivity index (χ1n) is 3.14. The summed E-state index contributed by atoms with van der Waals surface area (Å²) in [5.74, 6) is -5.16. The van der Waals surface area contributed by atoms with Crippen LogP contribution >= 0.6 is 0 Å². The fourth-order valence-corrected chi connectivity index (χ4v) is 0.359. The molecule has 0 bridgehead atoms. The van der Waals surface area contributed by atoms with Gasteiger partial charge in [-0.05, 0) is 0 Å². The molecule has 0 aliphatic heterocycles. The molecule has 0 rings (SSSR count). The van der Waals surface area contributed by atoms with E-state index in [9.17, 15) is 19.2 Å². The summed E-state index contributed by atoms with van der Waals surface area (Å²) in [5.41, 5.74) is 0. The van der Waals surface area contributed by atoms with Crippen molar-refractivity contribution in [2.45, 2.75) is 13.2 Å². The first kappa shape index (κ1) is 15.4. The van der Waals surface area contributed by atoms with Gasteiger partial charge in [0.25, 0.3) is 0 Å². The number of carbonyl (C=O) groups excluding carboxylic acids is 4. The molecule has 2 radical (unpaired) electrons. The Balaban J connectivity index is -0.000000720. The molecule has 0 saturated carbocycles. The maximum absolute atomic E-state index is 10.5. The quantitative estimate of drug-likeness (QED) is 0.181. The molecule has 0 aliphatic rings. The molecule has 0 aromatic carbocycles. The van der Waals surface area contributed by atoms with Crippen LogP contribution in [0.25, 0.3) is 0 Å². The third-order valence-corrected chi connectivity index (χ3v) is 0.776. The van der Waals surface area contributed by atoms with Crippen molar-refractivity contribution in [1.29, 1.82) is 0 Å². The molecule has 8 heteroatoms. The largest absolute Gasteiger partial charge is 1.00 e. The van der Waals surface area contributed by atoms with E-state index >= 15 is 0 Å². The van der Waals surface area contributed by atoms with Crippen molar-refractivity contribution in [2.75, 3.05) is 0 Å². The van der Waals surface area contributed by atoms with Gasteiger partial charge in [0.1, 0.15) is 0 Å². The molecule has 0 aromatic rings. The zero-order chi connectivity index (χ0) is 10.4. The molecule has 0 unspecified atom stereocenters. The number of hydrogen-bond donors (Lipinski definition) is 0. The van der Waals surface area contributed by atoms with Gasteiger partial charge in [-0.2, -0.15) is 0 Å². The van der Waals surface area contributed by atoms with Gasteiger partial charge in [0, 0.05) is 13.2 Å². The second kappa shape index (κ2) is 7.36. The van der Waals surface area contributed by atoms with Crippen LogP contribution in [0.5, 0.6) is 0 Å². The maximum Gasteiger partial charge on any atom is 1.00 e. The predicted molar refractivity (Wildman–Crippen MR) is 39.5 cm³/mol. The molecular formula is C6H6BLiO6. The molecule has 0 fully saturated rings. The van der Waals surface area contributed by atoms with E-state index in [4.69, 9.17) is 7.85 Å². The van der Waals surface area contributed by atoms with Crippen molar-refractivity contribution in [3.63, 3.8) is 0 Å². The predicted octanol–water partition coefficient (Wildman–Crippen LogP) is -4.15. The van der Waals surface area contributed by atoms with Crippen molar-refractivity contribution in [3.8, 4) is 0 Å². The van der Waals surface area contributed by atoms with Crippen LogP contribution in [0, 0.1) is 0 Å². The minimum Gasteiger partial charge on any atom is -1.00 e. The van der Waals surface area contributed by atoms with E-state index in [1.165, 1.54) is 0 Å². The first-order chi connectivity index (χ1) is 5.97. The third-order valence-electron chi connectivity index (χ3n) is 0.776. The van der Waals surface area contributed by atoms with Crippen LogP contribution < -0.4 is 18.9 Å². The van der Waals surface area contributed by atoms with E-state index in [1.54, 1.807) is 0 Å². The summed E-state index contributed by atoms with van der Waals surface area (Å²) < 4.78 is 7.64. The van der Waals surface area contributed by atoms with Crippen LogP contribution in [-0.4, -0.2) is 31.7 Å². The summed E-state index contributed by atoms with van der Waals surface area (Å²) in [6.45, 7) is 0.927. The van der Waals surface area contributed by atoms with Gasteiger partial charge in [0.05, 0.1) is 7.85 Å². The van der Waals surface area contributed by atoms with Crippen LogP contribution in [0.15, 0.2) is 0 Å². The molecular weight excluding hydrogens is 186 g/mol. The Bertz CT molecular complexity index is 268. The summed E-state index contributed by atoms with van der Waals surface area (Å²) in [6, 6.07) is 0. The summed E-state index contributed by atoms with van der Waals surface area (Å²) in [6.07, 6.45) is -0.543. The molecule has 0 heterocycles. The normalized spacial score (nSPS) is 8.07. The van der Waals surface area contributed by atoms with Crippen LogP contribution in [0.1, 0.15) is 8.35 Å². The standard InChI is InChI=1S/C6H5BO6.Li.H/c1-3(8)12-5(10)6(11)13-4(9)2-7;;/h2H2,1H3;;/q;+1;-1. The van der Waals surface area contributed by atoms with E-state index in [2.05, 4.69) is 9.47 Å². The van der Waals surface area contributed by atoms with Gasteiger partial charge in [-0.1, -0.05) is 0 Å². The van der Waals surface area contributed by atoms with Crippen LogP contribution in [-0.2, 0) is 28.7 Å². The Morgan fingerprint density at radius 2 is 1.57 bits per heavy atom. The van der Waals surface area contributed by atoms with E-state index in [1.807, 2.05) is 0 Å². The van der Waals surface area contributed by atoms with Gasteiger partial charge in [-0.15, -0.1) is 0 Å². The maximum atomic E-state index is 10.5. The van der Waals surface area contributed by atoms with Crippen LogP contribution in [0.2, 0.25) is 6.32 Å². The van der Waals surface area contributed by atoms with Crippen molar-refractivity contribution >= 4 is 31.7 Å². The van der Waals surface area contributed by atoms with Gasteiger partial charge >= 0.3 is 42.7 Å². The third kappa shape index (κ3) is 6.46. The van der Waals surface area contributed by atoms with Crippen LogP contribution in [0.3, 0.4) is 0 Å². The summed E-state index contributed by atoms with van der Waals surface area (Å²) in [4.78, 5) is 41.5. The Hall–Kier alpha value is -1.06. The number of rotatable bonds is 1. The minimum atomic E-state index is -1.56. The Kier molecular flexibility index (Phi) is 8.10. The molecule has 0 atom stereocenters. The second-order valence-corrected chi connectivity index (χ2v) is 1.85. The summed E-state index contributed by atoms with van der Waals surface area (Å²) in [5, 5.41) is 0. The SMILES string of the molecule is [B]CC(=O)OC(=O)C(=O)OC(C)=O.[H-].[Li+]. The average molecular weight is 192 g/mol. The zero-order valence-electron chi connectivity index (χ0n) is 8.73. The van der Waals surface area contributed by atoms with Crippen molar-refractivity contribution in [3.05, 3.63) is 0 Å². The first-order valence-corrected chi connectivity index (χ1v) is 3.14. The number of carbonyl (C=O) groups is 4. The number of hydrogen-bond acceptors (Lipinski definition) is 6. The van der Waals surface area contributed by atoms with E-state index in [0.717, 1.165) is 6.92 Å². The average Bonchev–Trinajstić information content (AvgIpc) is 2.02. The van der Waals surface area contributed by atoms with Gasteiger partial charge in [-0.25, -0.2) is 9.59 Å². The molecule has 0 aromatic heterocycles. The van der Waals surface area contributed by atoms with Gasteiger partial charge < -0.3 is 10.9 Å². The topological polar surface area (TPSA) is 86.7 Å². The zero-order valence-corrected chi connectivity index (χ0v) is 7.73. The molecule has 0 amide bonds. The molecule has 14 heavy (non-hydrogen) atoms. The second-order valence-electron chi connectivity index (χ2n) is 1.85. The fraction of sp³-hybridized carbons (Fsp3) is 0.333. The molecule has 0 spiro atoms. The van der Waals surface area contributed by atoms with E-state index in [0.29, 0.717) is 0 Å². The smallest absolute Gasteiger partial charge is 1.00 e.